The Bertz CT molecular complexity index is 1180. The van der Waals surface area contributed by atoms with Gasteiger partial charge in [0.05, 0.1) is 4.90 Å². The summed E-state index contributed by atoms with van der Waals surface area (Å²) in [4.78, 5) is 13.9. The summed E-state index contributed by atoms with van der Waals surface area (Å²) >= 11 is 1.68. The average Bonchev–Trinajstić information content (AvgIpc) is 3.27. The normalized spacial score (nSPS) is 17.1. The van der Waals surface area contributed by atoms with Crippen LogP contribution in [0.3, 0.4) is 0 Å². The number of aryl methyl sites for hydroxylation is 1. The minimum Gasteiger partial charge on any atom is -0.408 e. The molecule has 2 heterocycles. The number of aromatic nitrogens is 2. The van der Waals surface area contributed by atoms with Crippen LogP contribution in [0.4, 0.5) is 6.01 Å². The van der Waals surface area contributed by atoms with E-state index in [9.17, 15) is 13.2 Å². The first kappa shape index (κ1) is 23.5. The zero-order chi connectivity index (χ0) is 23.3. The highest BCUT2D eigenvalue weighted by Crippen LogP contribution is 2.25. The van der Waals surface area contributed by atoms with Gasteiger partial charge in [0.2, 0.25) is 15.9 Å². The van der Waals surface area contributed by atoms with Gasteiger partial charge in [-0.2, -0.15) is 4.31 Å². The van der Waals surface area contributed by atoms with Crippen molar-refractivity contribution in [3.63, 3.8) is 0 Å². The van der Waals surface area contributed by atoms with E-state index in [1.165, 1.54) is 24.3 Å². The summed E-state index contributed by atoms with van der Waals surface area (Å²) in [6, 6.07) is 15.9. The number of nitrogens with zero attached hydrogens (tertiary/aromatic N) is 3. The summed E-state index contributed by atoms with van der Waals surface area (Å²) in [5.41, 5.74) is 0.306. The summed E-state index contributed by atoms with van der Waals surface area (Å²) in [6.07, 6.45) is 3.33. The van der Waals surface area contributed by atoms with Crippen molar-refractivity contribution in [1.82, 2.24) is 14.5 Å². The Balaban J connectivity index is 1.33. The van der Waals surface area contributed by atoms with E-state index in [2.05, 4.69) is 15.5 Å². The van der Waals surface area contributed by atoms with Crippen molar-refractivity contribution in [1.29, 1.82) is 0 Å². The van der Waals surface area contributed by atoms with Crippen LogP contribution in [0, 0.1) is 0 Å². The van der Waals surface area contributed by atoms with E-state index in [0.717, 1.165) is 29.9 Å². The lowest BCUT2D eigenvalue weighted by atomic mass is 10.1. The number of carbonyl (C=O) groups is 1. The van der Waals surface area contributed by atoms with Crippen molar-refractivity contribution in [3.8, 4) is 0 Å². The number of hydrogen-bond acceptors (Lipinski definition) is 7. The lowest BCUT2D eigenvalue weighted by Crippen LogP contribution is -2.41. The molecular formula is C23H26N4O4S2. The molecule has 0 radical (unpaired) electrons. The molecule has 3 aromatic rings. The lowest BCUT2D eigenvalue weighted by molar-refractivity contribution is 0.102. The van der Waals surface area contributed by atoms with Crippen LogP contribution in [-0.4, -0.2) is 47.2 Å². The highest BCUT2D eigenvalue weighted by Gasteiger charge is 2.31. The third-order valence-electron chi connectivity index (χ3n) is 5.48. The molecule has 1 amide bonds. The highest BCUT2D eigenvalue weighted by molar-refractivity contribution is 7.99. The number of piperidine rings is 1. The van der Waals surface area contributed by atoms with Crippen molar-refractivity contribution in [2.24, 2.45) is 0 Å². The zero-order valence-electron chi connectivity index (χ0n) is 18.3. The number of nitrogens with one attached hydrogen (secondary N) is 1. The molecule has 10 heteroatoms. The van der Waals surface area contributed by atoms with E-state index >= 15 is 0 Å². The Kier molecular flexibility index (Phi) is 7.46. The molecule has 0 saturated carbocycles. The molecule has 1 N–H and O–H groups in total. The van der Waals surface area contributed by atoms with Gasteiger partial charge in [0.15, 0.2) is 0 Å². The summed E-state index contributed by atoms with van der Waals surface area (Å²) in [7, 11) is -3.58. The van der Waals surface area contributed by atoms with Crippen molar-refractivity contribution >= 4 is 33.7 Å². The first-order valence-electron chi connectivity index (χ1n) is 10.9. The predicted molar refractivity (Wildman–Crippen MR) is 127 cm³/mol. The molecule has 1 atom stereocenters. The largest absolute Gasteiger partial charge is 0.408 e. The summed E-state index contributed by atoms with van der Waals surface area (Å²) < 4.78 is 32.9. The molecule has 1 saturated heterocycles. The SMILES string of the molecule is CC1CCCCN1S(=O)(=O)c1ccc(C(=O)Nc2nnc(CCSc3ccccc3)o2)cc1. The fourth-order valence-electron chi connectivity index (χ4n) is 3.69. The maximum atomic E-state index is 12.9. The van der Waals surface area contributed by atoms with Crippen LogP contribution in [0.5, 0.6) is 0 Å². The molecule has 33 heavy (non-hydrogen) atoms. The second-order valence-electron chi connectivity index (χ2n) is 7.85. The van der Waals surface area contributed by atoms with Gasteiger partial charge in [-0.1, -0.05) is 29.7 Å². The standard InChI is InChI=1S/C23H26N4O4S2/c1-17-7-5-6-15-27(17)33(29,30)20-12-10-18(11-13-20)22(28)24-23-26-25-21(31-23)14-16-32-19-8-3-2-4-9-19/h2-4,8-13,17H,5-7,14-16H2,1H3,(H,24,26,28). The molecule has 1 aliphatic heterocycles. The van der Waals surface area contributed by atoms with Crippen molar-refractivity contribution < 1.29 is 17.6 Å². The molecule has 8 nitrogen and oxygen atoms in total. The average molecular weight is 487 g/mol. The van der Waals surface area contributed by atoms with E-state index in [4.69, 9.17) is 4.42 Å². The van der Waals surface area contributed by atoms with Crippen LogP contribution in [0.2, 0.25) is 0 Å². The second kappa shape index (κ2) is 10.5. The van der Waals surface area contributed by atoms with Gasteiger partial charge in [0, 0.05) is 35.2 Å². The van der Waals surface area contributed by atoms with Gasteiger partial charge in [-0.3, -0.25) is 10.1 Å². The van der Waals surface area contributed by atoms with Gasteiger partial charge in [0.25, 0.3) is 5.91 Å². The number of benzene rings is 2. The quantitative estimate of drug-likeness (QED) is 0.475. The van der Waals surface area contributed by atoms with Gasteiger partial charge in [-0.15, -0.1) is 16.9 Å². The monoisotopic (exact) mass is 486 g/mol. The molecule has 2 aromatic carbocycles. The molecule has 174 valence electrons. The van der Waals surface area contributed by atoms with E-state index in [1.54, 1.807) is 16.1 Å². The van der Waals surface area contributed by atoms with Gasteiger partial charge in [-0.25, -0.2) is 8.42 Å². The molecule has 1 aromatic heterocycles. The Morgan fingerprint density at radius 3 is 2.61 bits per heavy atom. The molecule has 1 aliphatic rings. The van der Waals surface area contributed by atoms with Crippen molar-refractivity contribution in [2.75, 3.05) is 17.6 Å². The van der Waals surface area contributed by atoms with Crippen LogP contribution < -0.4 is 5.32 Å². The highest BCUT2D eigenvalue weighted by atomic mass is 32.2. The Morgan fingerprint density at radius 2 is 1.88 bits per heavy atom. The van der Waals surface area contributed by atoms with Crippen LogP contribution >= 0.6 is 11.8 Å². The van der Waals surface area contributed by atoms with Crippen molar-refractivity contribution in [3.05, 3.63) is 66.1 Å². The van der Waals surface area contributed by atoms with Crippen LogP contribution in [0.1, 0.15) is 42.4 Å². The Labute approximate surface area is 197 Å². The molecular weight excluding hydrogens is 460 g/mol. The maximum absolute atomic E-state index is 12.9. The lowest BCUT2D eigenvalue weighted by Gasteiger charge is -2.32. The maximum Gasteiger partial charge on any atom is 0.322 e. The summed E-state index contributed by atoms with van der Waals surface area (Å²) in [5.74, 6) is 0.760. The number of anilines is 1. The number of carbonyl (C=O) groups excluding carboxylic acids is 1. The molecule has 1 unspecified atom stereocenters. The number of sulfonamides is 1. The molecule has 0 aliphatic carbocycles. The van der Waals surface area contributed by atoms with Gasteiger partial charge < -0.3 is 4.42 Å². The fourth-order valence-corrected chi connectivity index (χ4v) is 6.25. The zero-order valence-corrected chi connectivity index (χ0v) is 19.9. The van der Waals surface area contributed by atoms with E-state index < -0.39 is 15.9 Å². The molecule has 0 spiro atoms. The van der Waals surface area contributed by atoms with Crippen LogP contribution in [-0.2, 0) is 16.4 Å². The number of thioether (sulfide) groups is 1. The van der Waals surface area contributed by atoms with Gasteiger partial charge in [0.1, 0.15) is 0 Å². The van der Waals surface area contributed by atoms with Crippen LogP contribution in [0.25, 0.3) is 0 Å². The van der Waals surface area contributed by atoms with Crippen LogP contribution in [0.15, 0.2) is 68.8 Å². The fraction of sp³-hybridized carbons (Fsp3) is 0.348. The molecule has 1 fully saturated rings. The van der Waals surface area contributed by atoms with E-state index in [0.29, 0.717) is 24.4 Å². The third kappa shape index (κ3) is 5.82. The topological polar surface area (TPSA) is 105 Å². The Hall–Kier alpha value is -2.69. The molecule has 0 bridgehead atoms. The van der Waals surface area contributed by atoms with Crippen molar-refractivity contribution in [2.45, 2.75) is 48.4 Å². The van der Waals surface area contributed by atoms with E-state index in [1.807, 2.05) is 37.3 Å². The van der Waals surface area contributed by atoms with Gasteiger partial charge in [-0.05, 0) is 56.2 Å². The number of hydrogen-bond donors (Lipinski definition) is 1. The number of amides is 1. The van der Waals surface area contributed by atoms with Gasteiger partial charge >= 0.3 is 6.01 Å². The summed E-state index contributed by atoms with van der Waals surface area (Å²) in [6.45, 7) is 2.45. The summed E-state index contributed by atoms with van der Waals surface area (Å²) in [5, 5.41) is 10.4. The minimum absolute atomic E-state index is 0.0125. The first-order valence-corrected chi connectivity index (χ1v) is 13.3. The first-order chi connectivity index (χ1) is 15.9. The predicted octanol–water partition coefficient (Wildman–Crippen LogP) is 4.22. The smallest absolute Gasteiger partial charge is 0.322 e. The Morgan fingerprint density at radius 1 is 1.12 bits per heavy atom. The number of rotatable bonds is 8. The van der Waals surface area contributed by atoms with E-state index in [-0.39, 0.29) is 17.0 Å². The third-order valence-corrected chi connectivity index (χ3v) is 8.52. The second-order valence-corrected chi connectivity index (χ2v) is 10.9. The molecule has 4 rings (SSSR count). The minimum atomic E-state index is -3.58.